The van der Waals surface area contributed by atoms with Gasteiger partial charge in [0.05, 0.1) is 33.4 Å². The number of hydrogen-bond acceptors (Lipinski definition) is 5. The maximum atomic E-state index is 12.9. The number of aryl methyl sites for hydroxylation is 1. The third-order valence-corrected chi connectivity index (χ3v) is 6.70. The molecule has 1 amide bonds. The molecular weight excluding hydrogens is 452 g/mol. The smallest absolute Gasteiger partial charge is 0.227 e. The highest BCUT2D eigenvalue weighted by Crippen LogP contribution is 2.25. The lowest BCUT2D eigenvalue weighted by Gasteiger charge is -2.36. The Bertz CT molecular complexity index is 1110. The quantitative estimate of drug-likeness (QED) is 0.416. The SMILES string of the molecule is COc1ccc(CC(=O)N2CCN(CC(OCc3ccc(C)cc3)c3cccc(OC)c3)CC2)cc1. The van der Waals surface area contributed by atoms with Crippen LogP contribution >= 0.6 is 0 Å². The first-order valence-corrected chi connectivity index (χ1v) is 12.5. The number of methoxy groups -OCH3 is 2. The molecule has 6 nitrogen and oxygen atoms in total. The Morgan fingerprint density at radius 1 is 0.833 bits per heavy atom. The Balaban J connectivity index is 1.35. The molecule has 1 aliphatic rings. The summed E-state index contributed by atoms with van der Waals surface area (Å²) in [5, 5.41) is 0. The van der Waals surface area contributed by atoms with Crippen LogP contribution in [0.3, 0.4) is 0 Å². The van der Waals surface area contributed by atoms with Gasteiger partial charge >= 0.3 is 0 Å². The molecule has 1 fully saturated rings. The predicted octanol–water partition coefficient (Wildman–Crippen LogP) is 4.66. The largest absolute Gasteiger partial charge is 0.497 e. The Morgan fingerprint density at radius 3 is 2.17 bits per heavy atom. The molecule has 36 heavy (non-hydrogen) atoms. The third kappa shape index (κ3) is 7.09. The first-order chi connectivity index (χ1) is 17.5. The normalized spacial score (nSPS) is 14.9. The second-order valence-electron chi connectivity index (χ2n) is 9.27. The lowest BCUT2D eigenvalue weighted by molar-refractivity contribution is -0.132. The zero-order chi connectivity index (χ0) is 25.3. The minimum absolute atomic E-state index is 0.0945. The van der Waals surface area contributed by atoms with Crippen LogP contribution in [0.4, 0.5) is 0 Å². The summed E-state index contributed by atoms with van der Waals surface area (Å²) in [6.45, 7) is 6.48. The molecule has 1 saturated heterocycles. The van der Waals surface area contributed by atoms with E-state index in [1.165, 1.54) is 5.56 Å². The average molecular weight is 489 g/mol. The number of piperazine rings is 1. The predicted molar refractivity (Wildman–Crippen MR) is 141 cm³/mol. The molecule has 0 bridgehead atoms. The molecule has 0 spiro atoms. The third-order valence-electron chi connectivity index (χ3n) is 6.70. The van der Waals surface area contributed by atoms with Crippen molar-refractivity contribution in [2.24, 2.45) is 0 Å². The van der Waals surface area contributed by atoms with E-state index < -0.39 is 0 Å². The minimum Gasteiger partial charge on any atom is -0.497 e. The first kappa shape index (κ1) is 25.7. The van der Waals surface area contributed by atoms with Crippen LogP contribution in [-0.2, 0) is 22.6 Å². The molecule has 3 aromatic carbocycles. The lowest BCUT2D eigenvalue weighted by atomic mass is 10.1. The van der Waals surface area contributed by atoms with E-state index in [9.17, 15) is 4.79 Å². The van der Waals surface area contributed by atoms with Gasteiger partial charge < -0.3 is 19.1 Å². The summed E-state index contributed by atoms with van der Waals surface area (Å²) in [7, 11) is 3.33. The number of nitrogens with zero attached hydrogens (tertiary/aromatic N) is 2. The van der Waals surface area contributed by atoms with Crippen molar-refractivity contribution in [3.05, 3.63) is 95.1 Å². The molecule has 0 aromatic heterocycles. The Kier molecular flexibility index (Phi) is 8.98. The van der Waals surface area contributed by atoms with Gasteiger partial charge in [-0.3, -0.25) is 9.69 Å². The molecule has 1 atom stereocenters. The summed E-state index contributed by atoms with van der Waals surface area (Å²) in [6, 6.07) is 24.3. The average Bonchev–Trinajstić information content (AvgIpc) is 2.92. The fraction of sp³-hybridized carbons (Fsp3) is 0.367. The highest BCUT2D eigenvalue weighted by Gasteiger charge is 2.24. The van der Waals surface area contributed by atoms with Crippen LogP contribution in [0.2, 0.25) is 0 Å². The van der Waals surface area contributed by atoms with Gasteiger partial charge in [-0.2, -0.15) is 0 Å². The van der Waals surface area contributed by atoms with Gasteiger partial charge in [-0.05, 0) is 47.9 Å². The van der Waals surface area contributed by atoms with Gasteiger partial charge in [0.1, 0.15) is 11.5 Å². The molecule has 4 rings (SSSR count). The molecule has 0 aliphatic carbocycles. The zero-order valence-corrected chi connectivity index (χ0v) is 21.5. The lowest BCUT2D eigenvalue weighted by Crippen LogP contribution is -2.50. The summed E-state index contributed by atoms with van der Waals surface area (Å²) in [5.41, 5.74) is 4.50. The Morgan fingerprint density at radius 2 is 1.50 bits per heavy atom. The van der Waals surface area contributed by atoms with E-state index in [0.717, 1.165) is 60.9 Å². The van der Waals surface area contributed by atoms with Gasteiger partial charge in [-0.25, -0.2) is 0 Å². The van der Waals surface area contributed by atoms with Crippen molar-refractivity contribution in [2.45, 2.75) is 26.1 Å². The molecule has 0 saturated carbocycles. The van der Waals surface area contributed by atoms with E-state index in [1.807, 2.05) is 41.3 Å². The zero-order valence-electron chi connectivity index (χ0n) is 21.5. The van der Waals surface area contributed by atoms with E-state index in [2.05, 4.69) is 48.2 Å². The Labute approximate surface area is 214 Å². The summed E-state index contributed by atoms with van der Waals surface area (Å²) in [5.74, 6) is 1.79. The van der Waals surface area contributed by atoms with Crippen LogP contribution in [0, 0.1) is 6.92 Å². The Hall–Kier alpha value is -3.35. The molecule has 1 aliphatic heterocycles. The van der Waals surface area contributed by atoms with Crippen LogP contribution in [0.15, 0.2) is 72.8 Å². The van der Waals surface area contributed by atoms with Gasteiger partial charge in [-0.1, -0.05) is 54.1 Å². The summed E-state index contributed by atoms with van der Waals surface area (Å²) in [4.78, 5) is 17.2. The monoisotopic (exact) mass is 488 g/mol. The van der Waals surface area contributed by atoms with Gasteiger partial charge in [0.25, 0.3) is 0 Å². The second kappa shape index (κ2) is 12.6. The van der Waals surface area contributed by atoms with Gasteiger partial charge in [0, 0.05) is 32.7 Å². The van der Waals surface area contributed by atoms with Crippen LogP contribution in [0.25, 0.3) is 0 Å². The standard InChI is InChI=1S/C30H36N2O4/c1-23-7-9-25(10-8-23)22-36-29(26-5-4-6-28(20-26)35-3)21-31-15-17-32(18-16-31)30(33)19-24-11-13-27(34-2)14-12-24/h4-14,20,29H,15-19,21-22H2,1-3H3. The van der Waals surface area contributed by atoms with Crippen molar-refractivity contribution in [3.63, 3.8) is 0 Å². The van der Waals surface area contributed by atoms with Gasteiger partial charge in [-0.15, -0.1) is 0 Å². The topological polar surface area (TPSA) is 51.2 Å². The maximum absolute atomic E-state index is 12.9. The van der Waals surface area contributed by atoms with Crippen LogP contribution < -0.4 is 9.47 Å². The van der Waals surface area contributed by atoms with Crippen LogP contribution in [0.5, 0.6) is 11.5 Å². The number of benzene rings is 3. The molecular formula is C30H36N2O4. The van der Waals surface area contributed by atoms with E-state index in [0.29, 0.717) is 13.0 Å². The van der Waals surface area contributed by atoms with E-state index in [-0.39, 0.29) is 12.0 Å². The maximum Gasteiger partial charge on any atom is 0.227 e. The summed E-state index contributed by atoms with van der Waals surface area (Å²) in [6.07, 6.45) is 0.318. The molecule has 1 unspecified atom stereocenters. The van der Waals surface area contributed by atoms with Crippen molar-refractivity contribution in [1.29, 1.82) is 0 Å². The van der Waals surface area contributed by atoms with Gasteiger partial charge in [0.2, 0.25) is 5.91 Å². The van der Waals surface area contributed by atoms with Crippen molar-refractivity contribution in [2.75, 3.05) is 46.9 Å². The number of ether oxygens (including phenoxy) is 3. The van der Waals surface area contributed by atoms with Crippen molar-refractivity contribution in [3.8, 4) is 11.5 Å². The highest BCUT2D eigenvalue weighted by atomic mass is 16.5. The van der Waals surface area contributed by atoms with Crippen molar-refractivity contribution in [1.82, 2.24) is 9.80 Å². The van der Waals surface area contributed by atoms with Crippen LogP contribution in [0.1, 0.15) is 28.4 Å². The molecule has 0 N–H and O–H groups in total. The summed E-state index contributed by atoms with van der Waals surface area (Å²) >= 11 is 0. The number of carbonyl (C=O) groups excluding carboxylic acids is 1. The highest BCUT2D eigenvalue weighted by molar-refractivity contribution is 5.79. The van der Waals surface area contributed by atoms with Crippen molar-refractivity contribution < 1.29 is 19.0 Å². The van der Waals surface area contributed by atoms with Gasteiger partial charge in [0.15, 0.2) is 0 Å². The fourth-order valence-corrected chi connectivity index (χ4v) is 4.42. The number of hydrogen-bond donors (Lipinski definition) is 0. The number of amides is 1. The molecule has 190 valence electrons. The molecule has 0 radical (unpaired) electrons. The van der Waals surface area contributed by atoms with Crippen LogP contribution in [-0.4, -0.2) is 62.7 Å². The second-order valence-corrected chi connectivity index (χ2v) is 9.27. The van der Waals surface area contributed by atoms with E-state index in [4.69, 9.17) is 14.2 Å². The number of rotatable bonds is 10. The summed E-state index contributed by atoms with van der Waals surface area (Å²) < 4.78 is 17.1. The minimum atomic E-state index is -0.0945. The van der Waals surface area contributed by atoms with Crippen molar-refractivity contribution >= 4 is 5.91 Å². The first-order valence-electron chi connectivity index (χ1n) is 12.5. The van der Waals surface area contributed by atoms with E-state index >= 15 is 0 Å². The molecule has 1 heterocycles. The number of carbonyl (C=O) groups is 1. The fourth-order valence-electron chi connectivity index (χ4n) is 4.42. The van der Waals surface area contributed by atoms with E-state index in [1.54, 1.807) is 14.2 Å². The molecule has 3 aromatic rings. The molecule has 6 heteroatoms.